The minimum absolute atomic E-state index is 0.172. The molecule has 0 radical (unpaired) electrons. The van der Waals surface area contributed by atoms with Crippen molar-refractivity contribution in [2.75, 3.05) is 10.6 Å². The Morgan fingerprint density at radius 1 is 1.23 bits per heavy atom. The van der Waals surface area contributed by atoms with Crippen LogP contribution in [0.2, 0.25) is 5.02 Å². The molecule has 2 aromatic carbocycles. The van der Waals surface area contributed by atoms with Crippen LogP contribution in [0.5, 0.6) is 0 Å². The fourth-order valence-electron chi connectivity index (χ4n) is 1.93. The van der Waals surface area contributed by atoms with Crippen molar-refractivity contribution in [1.29, 1.82) is 5.26 Å². The number of nitriles is 1. The van der Waals surface area contributed by atoms with Crippen LogP contribution in [0.1, 0.15) is 12.5 Å². The number of hydrogen-bond donors (Lipinski definition) is 2. The maximum atomic E-state index is 12.2. The van der Waals surface area contributed by atoms with Crippen LogP contribution in [0.15, 0.2) is 48.5 Å². The summed E-state index contributed by atoms with van der Waals surface area (Å²) in [5.74, 6) is -0.172. The predicted octanol–water partition coefficient (Wildman–Crippen LogP) is 3.85. The fraction of sp³-hybridized carbons (Fsp3) is 0.176. The lowest BCUT2D eigenvalue weighted by Gasteiger charge is -2.16. The highest BCUT2D eigenvalue weighted by atomic mass is 35.5. The molecule has 0 saturated heterocycles. The molecule has 0 bridgehead atoms. The summed E-state index contributed by atoms with van der Waals surface area (Å²) in [5.41, 5.74) is 2.36. The van der Waals surface area contributed by atoms with Crippen molar-refractivity contribution in [3.8, 4) is 6.07 Å². The van der Waals surface area contributed by atoms with Crippen molar-refractivity contribution in [3.05, 3.63) is 59.1 Å². The van der Waals surface area contributed by atoms with E-state index in [9.17, 15) is 4.79 Å². The Morgan fingerprint density at radius 2 is 1.91 bits per heavy atom. The summed E-state index contributed by atoms with van der Waals surface area (Å²) in [5, 5.41) is 15.0. The number of hydrogen-bond acceptors (Lipinski definition) is 3. The number of nitrogens with one attached hydrogen (secondary N) is 2. The number of carbonyl (C=O) groups is 1. The molecule has 0 heterocycles. The third kappa shape index (κ3) is 4.24. The number of halogens is 1. The molecule has 2 rings (SSSR count). The molecule has 0 aliphatic heterocycles. The van der Waals surface area contributed by atoms with Crippen molar-refractivity contribution in [2.45, 2.75) is 19.4 Å². The molecule has 0 fully saturated rings. The first kappa shape index (κ1) is 15.9. The molecule has 0 spiro atoms. The Labute approximate surface area is 134 Å². The molecule has 0 aromatic heterocycles. The summed E-state index contributed by atoms with van der Waals surface area (Å²) in [6.45, 7) is 1.77. The summed E-state index contributed by atoms with van der Waals surface area (Å²) in [7, 11) is 0. The van der Waals surface area contributed by atoms with Crippen molar-refractivity contribution in [3.63, 3.8) is 0 Å². The van der Waals surface area contributed by atoms with Gasteiger partial charge in [0.1, 0.15) is 6.04 Å². The average Bonchev–Trinajstić information content (AvgIpc) is 2.51. The summed E-state index contributed by atoms with van der Waals surface area (Å²) in [6, 6.07) is 16.2. The van der Waals surface area contributed by atoms with E-state index in [4.69, 9.17) is 16.9 Å². The van der Waals surface area contributed by atoms with E-state index in [0.717, 1.165) is 11.3 Å². The molecule has 1 amide bonds. The van der Waals surface area contributed by atoms with Gasteiger partial charge in [-0.25, -0.2) is 0 Å². The van der Waals surface area contributed by atoms with Gasteiger partial charge < -0.3 is 10.6 Å². The maximum absolute atomic E-state index is 12.2. The quantitative estimate of drug-likeness (QED) is 0.881. The number of rotatable bonds is 5. The lowest BCUT2D eigenvalue weighted by atomic mass is 10.1. The highest BCUT2D eigenvalue weighted by Gasteiger charge is 2.13. The summed E-state index contributed by atoms with van der Waals surface area (Å²) >= 11 is 6.02. The largest absolute Gasteiger partial charge is 0.374 e. The zero-order valence-corrected chi connectivity index (χ0v) is 12.9. The van der Waals surface area contributed by atoms with Crippen LogP contribution in [0.3, 0.4) is 0 Å². The maximum Gasteiger partial charge on any atom is 0.246 e. The second-order valence-electron chi connectivity index (χ2n) is 4.87. The average molecular weight is 314 g/mol. The second kappa shape index (κ2) is 7.48. The number of anilines is 2. The third-order valence-electron chi connectivity index (χ3n) is 3.15. The van der Waals surface area contributed by atoms with E-state index in [0.29, 0.717) is 17.1 Å². The monoisotopic (exact) mass is 313 g/mol. The molecule has 2 aromatic rings. The van der Waals surface area contributed by atoms with E-state index in [-0.39, 0.29) is 5.91 Å². The molecular weight excluding hydrogens is 298 g/mol. The molecule has 112 valence electrons. The highest BCUT2D eigenvalue weighted by Crippen LogP contribution is 2.21. The smallest absolute Gasteiger partial charge is 0.246 e. The summed E-state index contributed by atoms with van der Waals surface area (Å²) < 4.78 is 0. The van der Waals surface area contributed by atoms with Gasteiger partial charge in [0.15, 0.2) is 0 Å². The molecule has 1 unspecified atom stereocenters. The van der Waals surface area contributed by atoms with Gasteiger partial charge in [0.2, 0.25) is 5.91 Å². The minimum atomic E-state index is -0.418. The van der Waals surface area contributed by atoms with E-state index in [1.807, 2.05) is 36.4 Å². The van der Waals surface area contributed by atoms with Crippen LogP contribution >= 0.6 is 11.6 Å². The molecule has 22 heavy (non-hydrogen) atoms. The molecule has 5 heteroatoms. The van der Waals surface area contributed by atoms with Crippen LogP contribution in [-0.4, -0.2) is 11.9 Å². The Morgan fingerprint density at radius 3 is 2.55 bits per heavy atom. The van der Waals surface area contributed by atoms with E-state index in [1.165, 1.54) is 0 Å². The van der Waals surface area contributed by atoms with Crippen molar-refractivity contribution >= 4 is 28.9 Å². The zero-order chi connectivity index (χ0) is 15.9. The first-order chi connectivity index (χ1) is 10.6. The van der Waals surface area contributed by atoms with Crippen LogP contribution in [0, 0.1) is 11.3 Å². The normalized spacial score (nSPS) is 11.3. The summed E-state index contributed by atoms with van der Waals surface area (Å²) in [4.78, 5) is 12.2. The Balaban J connectivity index is 1.96. The van der Waals surface area contributed by atoms with Gasteiger partial charge >= 0.3 is 0 Å². The molecule has 4 nitrogen and oxygen atoms in total. The SMILES string of the molecule is CC(Nc1ccc(CC#N)cc1)C(=O)Nc1ccccc1Cl. The van der Waals surface area contributed by atoms with Crippen LogP contribution in [0.25, 0.3) is 0 Å². The predicted molar refractivity (Wildman–Crippen MR) is 88.9 cm³/mol. The van der Waals surface area contributed by atoms with Crippen LogP contribution < -0.4 is 10.6 Å². The van der Waals surface area contributed by atoms with Crippen molar-refractivity contribution in [2.24, 2.45) is 0 Å². The molecule has 0 aliphatic rings. The Kier molecular flexibility index (Phi) is 5.40. The van der Waals surface area contributed by atoms with Crippen molar-refractivity contribution in [1.82, 2.24) is 0 Å². The molecular formula is C17H16ClN3O. The number of carbonyl (C=O) groups excluding carboxylic acids is 1. The van der Waals surface area contributed by atoms with Gasteiger partial charge in [0, 0.05) is 5.69 Å². The van der Waals surface area contributed by atoms with E-state index in [2.05, 4.69) is 16.7 Å². The van der Waals surface area contributed by atoms with Crippen LogP contribution in [0.4, 0.5) is 11.4 Å². The van der Waals surface area contributed by atoms with E-state index in [1.54, 1.807) is 19.1 Å². The van der Waals surface area contributed by atoms with Gasteiger partial charge in [-0.3, -0.25) is 4.79 Å². The van der Waals surface area contributed by atoms with E-state index >= 15 is 0 Å². The zero-order valence-electron chi connectivity index (χ0n) is 12.1. The van der Waals surface area contributed by atoms with E-state index < -0.39 is 6.04 Å². The van der Waals surface area contributed by atoms with Gasteiger partial charge in [-0.2, -0.15) is 5.26 Å². The summed E-state index contributed by atoms with van der Waals surface area (Å²) in [6.07, 6.45) is 0.378. The van der Waals surface area contributed by atoms with Gasteiger partial charge in [-0.1, -0.05) is 35.9 Å². The molecule has 0 aliphatic carbocycles. The lowest BCUT2D eigenvalue weighted by Crippen LogP contribution is -2.31. The molecule has 1 atom stereocenters. The molecule has 2 N–H and O–H groups in total. The third-order valence-corrected chi connectivity index (χ3v) is 3.47. The topological polar surface area (TPSA) is 64.9 Å². The Hall–Kier alpha value is -2.51. The number of benzene rings is 2. The molecule has 0 saturated carbocycles. The first-order valence-electron chi connectivity index (χ1n) is 6.88. The number of amides is 1. The Bertz CT molecular complexity index is 692. The van der Waals surface area contributed by atoms with Crippen LogP contribution in [-0.2, 0) is 11.2 Å². The lowest BCUT2D eigenvalue weighted by molar-refractivity contribution is -0.116. The second-order valence-corrected chi connectivity index (χ2v) is 5.27. The van der Waals surface area contributed by atoms with Gasteiger partial charge in [0.25, 0.3) is 0 Å². The van der Waals surface area contributed by atoms with Crippen molar-refractivity contribution < 1.29 is 4.79 Å². The number of nitrogens with zero attached hydrogens (tertiary/aromatic N) is 1. The standard InChI is InChI=1S/C17H16ClN3O/c1-12(17(22)21-16-5-3-2-4-15(16)18)20-14-8-6-13(7-9-14)10-11-19/h2-9,12,20H,10H2,1H3,(H,21,22). The fourth-order valence-corrected chi connectivity index (χ4v) is 2.11. The first-order valence-corrected chi connectivity index (χ1v) is 7.26. The number of para-hydroxylation sites is 1. The highest BCUT2D eigenvalue weighted by molar-refractivity contribution is 6.33. The minimum Gasteiger partial charge on any atom is -0.374 e. The van der Waals surface area contributed by atoms with Gasteiger partial charge in [-0.05, 0) is 36.8 Å². The van der Waals surface area contributed by atoms with Gasteiger partial charge in [0.05, 0.1) is 23.2 Å². The van der Waals surface area contributed by atoms with Gasteiger partial charge in [-0.15, -0.1) is 0 Å².